The van der Waals surface area contributed by atoms with Gasteiger partial charge in [0.2, 0.25) is 0 Å². The summed E-state index contributed by atoms with van der Waals surface area (Å²) in [6.45, 7) is 3.76. The second-order valence-electron chi connectivity index (χ2n) is 8.50. The Morgan fingerprint density at radius 3 is 2.53 bits per heavy atom. The summed E-state index contributed by atoms with van der Waals surface area (Å²) in [5.74, 6) is 0.601. The Hall–Kier alpha value is -3.96. The van der Waals surface area contributed by atoms with Gasteiger partial charge in [-0.3, -0.25) is 4.40 Å². The molecule has 2 aromatic carbocycles. The number of nitrogens with two attached hydrogens (primary N) is 1. The summed E-state index contributed by atoms with van der Waals surface area (Å²) in [5, 5.41) is 3.53. The van der Waals surface area contributed by atoms with E-state index in [2.05, 4.69) is 83.5 Å². The molecule has 0 unspecified atom stereocenters. The van der Waals surface area contributed by atoms with Gasteiger partial charge in [-0.2, -0.15) is 0 Å². The van der Waals surface area contributed by atoms with Gasteiger partial charge >= 0.3 is 0 Å². The van der Waals surface area contributed by atoms with E-state index in [1.54, 1.807) is 0 Å². The van der Waals surface area contributed by atoms with Crippen molar-refractivity contribution in [1.29, 1.82) is 0 Å². The molecule has 0 spiro atoms. The molecule has 170 valence electrons. The molecule has 5 heteroatoms. The summed E-state index contributed by atoms with van der Waals surface area (Å²) in [4.78, 5) is 9.77. The summed E-state index contributed by atoms with van der Waals surface area (Å²) in [6.07, 6.45) is 9.80. The number of hydrogen-bond acceptors (Lipinski definition) is 4. The monoisotopic (exact) mass is 447 g/mol. The Labute approximate surface area is 200 Å². The molecule has 5 rings (SSSR count). The van der Waals surface area contributed by atoms with Crippen LogP contribution in [0, 0.1) is 0 Å². The highest BCUT2D eigenvalue weighted by Crippen LogP contribution is 2.32. The van der Waals surface area contributed by atoms with Crippen LogP contribution < -0.4 is 11.1 Å². The highest BCUT2D eigenvalue weighted by molar-refractivity contribution is 5.91. The lowest BCUT2D eigenvalue weighted by atomic mass is 10.1. The smallest absolute Gasteiger partial charge is 0.138 e. The van der Waals surface area contributed by atoms with Crippen molar-refractivity contribution in [1.82, 2.24) is 14.7 Å². The third-order valence-corrected chi connectivity index (χ3v) is 6.05. The maximum atomic E-state index is 6.15. The Morgan fingerprint density at radius 2 is 1.74 bits per heavy atom. The lowest BCUT2D eigenvalue weighted by Gasteiger charge is -2.08. The normalized spacial score (nSPS) is 13.6. The quantitative estimate of drug-likeness (QED) is 0.392. The molecule has 0 saturated heterocycles. The number of nitrogens with zero attached hydrogens (tertiary/aromatic N) is 3. The van der Waals surface area contributed by atoms with Crippen molar-refractivity contribution in [3.8, 4) is 11.3 Å². The van der Waals surface area contributed by atoms with Crippen LogP contribution in [0.25, 0.3) is 22.6 Å². The zero-order valence-corrected chi connectivity index (χ0v) is 19.4. The molecule has 0 atom stereocenters. The number of allylic oxidation sites excluding steroid dienone is 2. The van der Waals surface area contributed by atoms with Crippen molar-refractivity contribution < 1.29 is 0 Å². The molecule has 0 saturated carbocycles. The molecule has 3 N–H and O–H groups in total. The van der Waals surface area contributed by atoms with Gasteiger partial charge in [-0.25, -0.2) is 9.98 Å². The van der Waals surface area contributed by atoms with Crippen molar-refractivity contribution in [3.63, 3.8) is 0 Å². The van der Waals surface area contributed by atoms with E-state index in [0.29, 0.717) is 12.3 Å². The highest BCUT2D eigenvalue weighted by Gasteiger charge is 2.19. The van der Waals surface area contributed by atoms with Gasteiger partial charge in [-0.1, -0.05) is 73.7 Å². The van der Waals surface area contributed by atoms with Crippen LogP contribution in [0.5, 0.6) is 0 Å². The van der Waals surface area contributed by atoms with E-state index >= 15 is 0 Å². The molecule has 3 heterocycles. The molecule has 0 amide bonds. The van der Waals surface area contributed by atoms with Crippen LogP contribution in [-0.2, 0) is 19.5 Å². The number of aromatic nitrogens is 2. The number of aryl methyl sites for hydroxylation is 1. The van der Waals surface area contributed by atoms with E-state index in [1.807, 2.05) is 24.3 Å². The molecule has 5 nitrogen and oxygen atoms in total. The van der Waals surface area contributed by atoms with Gasteiger partial charge in [0.25, 0.3) is 0 Å². The van der Waals surface area contributed by atoms with Gasteiger partial charge in [0.1, 0.15) is 11.5 Å². The largest absolute Gasteiger partial charge is 0.387 e. The van der Waals surface area contributed by atoms with Crippen molar-refractivity contribution >= 4 is 17.2 Å². The lowest BCUT2D eigenvalue weighted by molar-refractivity contribution is 0.693. The van der Waals surface area contributed by atoms with Gasteiger partial charge in [0, 0.05) is 31.3 Å². The molecular formula is C29H29N5. The van der Waals surface area contributed by atoms with Crippen LogP contribution in [0.15, 0.2) is 96.1 Å². The number of nitrogens with one attached hydrogen (secondary N) is 1. The van der Waals surface area contributed by atoms with Crippen LogP contribution in [0.2, 0.25) is 0 Å². The predicted octanol–water partition coefficient (Wildman–Crippen LogP) is 5.51. The fourth-order valence-electron chi connectivity index (χ4n) is 4.21. The number of benzene rings is 2. The minimum atomic E-state index is 0.601. The summed E-state index contributed by atoms with van der Waals surface area (Å²) in [7, 11) is 0. The third-order valence-electron chi connectivity index (χ3n) is 6.05. The molecule has 1 aliphatic heterocycles. The number of fused-ring (bicyclic) bond motifs is 1. The maximum absolute atomic E-state index is 6.15. The predicted molar refractivity (Wildman–Crippen MR) is 140 cm³/mol. The maximum Gasteiger partial charge on any atom is 0.138 e. The zero-order valence-electron chi connectivity index (χ0n) is 19.4. The van der Waals surface area contributed by atoms with Gasteiger partial charge in [-0.05, 0) is 41.3 Å². The molecule has 1 aliphatic rings. The van der Waals surface area contributed by atoms with Gasteiger partial charge < -0.3 is 11.1 Å². The summed E-state index contributed by atoms with van der Waals surface area (Å²) >= 11 is 0. The number of hydrogen-bond donors (Lipinski definition) is 2. The molecule has 0 radical (unpaired) electrons. The minimum Gasteiger partial charge on any atom is -0.387 e. The first kappa shape index (κ1) is 21.9. The first-order valence-corrected chi connectivity index (χ1v) is 11.8. The number of aliphatic imine (C=N–C) groups is 1. The van der Waals surface area contributed by atoms with Crippen molar-refractivity contribution in [3.05, 3.63) is 114 Å². The Kier molecular flexibility index (Phi) is 6.36. The number of amidine groups is 1. The van der Waals surface area contributed by atoms with Crippen molar-refractivity contribution in [2.24, 2.45) is 10.7 Å². The molecule has 0 aliphatic carbocycles. The van der Waals surface area contributed by atoms with Gasteiger partial charge in [-0.15, -0.1) is 0 Å². The van der Waals surface area contributed by atoms with E-state index < -0.39 is 0 Å². The van der Waals surface area contributed by atoms with Crippen LogP contribution in [-0.4, -0.2) is 15.2 Å². The molecule has 0 bridgehead atoms. The third kappa shape index (κ3) is 4.70. The zero-order chi connectivity index (χ0) is 23.3. The average molecular weight is 448 g/mol. The van der Waals surface area contributed by atoms with E-state index in [9.17, 15) is 0 Å². The second-order valence-corrected chi connectivity index (χ2v) is 8.50. The fourth-order valence-corrected chi connectivity index (χ4v) is 4.21. The van der Waals surface area contributed by atoms with E-state index in [-0.39, 0.29) is 0 Å². The SMILES string of the molecule is CCc1ccc(-c2nc3cc(CNCc4ccccc4)ccn3c2C2=CC=CCC(N)=N2)cc1. The van der Waals surface area contributed by atoms with Crippen molar-refractivity contribution in [2.45, 2.75) is 32.9 Å². The van der Waals surface area contributed by atoms with Crippen LogP contribution in [0.1, 0.15) is 35.7 Å². The van der Waals surface area contributed by atoms with Gasteiger partial charge in [0.05, 0.1) is 17.1 Å². The Balaban J connectivity index is 1.52. The lowest BCUT2D eigenvalue weighted by Crippen LogP contribution is -2.12. The van der Waals surface area contributed by atoms with E-state index in [4.69, 9.17) is 15.7 Å². The Bertz CT molecular complexity index is 1380. The molecule has 2 aromatic heterocycles. The van der Waals surface area contributed by atoms with E-state index in [1.165, 1.54) is 16.7 Å². The van der Waals surface area contributed by atoms with Crippen LogP contribution >= 0.6 is 0 Å². The van der Waals surface area contributed by atoms with Crippen molar-refractivity contribution in [2.75, 3.05) is 0 Å². The number of imidazole rings is 1. The fraction of sp³-hybridized carbons (Fsp3) is 0.172. The average Bonchev–Trinajstić information content (AvgIpc) is 3.11. The minimum absolute atomic E-state index is 0.601. The topological polar surface area (TPSA) is 67.7 Å². The molecule has 34 heavy (non-hydrogen) atoms. The molecule has 0 fully saturated rings. The standard InChI is InChI=1S/C29H29N5/c1-2-21-12-14-24(15-13-21)28-29(25-10-6-7-11-26(30)32-25)34-17-16-23(18-27(34)33-28)20-31-19-22-8-4-3-5-9-22/h3-10,12-18,31H,2,11,19-20H2,1H3,(H2,30,32). The molecule has 4 aromatic rings. The summed E-state index contributed by atoms with van der Waals surface area (Å²) in [5.41, 5.74) is 14.6. The molecular weight excluding hydrogens is 418 g/mol. The number of pyridine rings is 1. The van der Waals surface area contributed by atoms with E-state index in [0.717, 1.165) is 47.8 Å². The highest BCUT2D eigenvalue weighted by atomic mass is 15.0. The summed E-state index contributed by atoms with van der Waals surface area (Å²) in [6, 6.07) is 23.3. The van der Waals surface area contributed by atoms with Crippen LogP contribution in [0.3, 0.4) is 0 Å². The van der Waals surface area contributed by atoms with Crippen LogP contribution in [0.4, 0.5) is 0 Å². The Morgan fingerprint density at radius 1 is 0.941 bits per heavy atom. The summed E-state index contributed by atoms with van der Waals surface area (Å²) < 4.78 is 2.12. The van der Waals surface area contributed by atoms with Gasteiger partial charge in [0.15, 0.2) is 0 Å². The number of rotatable bonds is 7. The first-order chi connectivity index (χ1) is 16.7. The second kappa shape index (κ2) is 9.89. The first-order valence-electron chi connectivity index (χ1n) is 11.8.